The van der Waals surface area contributed by atoms with Crippen molar-refractivity contribution in [2.45, 2.75) is 3.67 Å². The van der Waals surface area contributed by atoms with Gasteiger partial charge < -0.3 is 0 Å². The van der Waals surface area contributed by atoms with E-state index in [0.717, 1.165) is 27.9 Å². The molecule has 0 aliphatic rings. The maximum absolute atomic E-state index is 10.5. The minimum atomic E-state index is -1.34. The van der Waals surface area contributed by atoms with Crippen molar-refractivity contribution in [1.29, 1.82) is 0 Å². The Labute approximate surface area is 87.3 Å². The molecule has 0 aliphatic carbocycles. The average molecular weight is 183 g/mol. The number of rotatable bonds is 5. The van der Waals surface area contributed by atoms with Crippen molar-refractivity contribution in [3.05, 3.63) is 0 Å². The molecule has 0 aromatic heterocycles. The van der Waals surface area contributed by atoms with E-state index in [9.17, 15) is 9.59 Å². The van der Waals surface area contributed by atoms with Gasteiger partial charge in [0.2, 0.25) is 0 Å². The molecule has 0 aromatic carbocycles. The summed E-state index contributed by atoms with van der Waals surface area (Å²) in [6.45, 7) is 0.118. The summed E-state index contributed by atoms with van der Waals surface area (Å²) < 4.78 is 0.597. The zero-order valence-corrected chi connectivity index (χ0v) is 8.86. The third kappa shape index (κ3) is 3.10. The van der Waals surface area contributed by atoms with Crippen molar-refractivity contribution >= 4 is 39.9 Å². The molecule has 1 atom stereocenters. The molecule has 4 N–H and O–H groups in total. The van der Waals surface area contributed by atoms with Crippen LogP contribution >= 0.6 is 0 Å². The minimum absolute atomic E-state index is 0.118. The van der Waals surface area contributed by atoms with Crippen molar-refractivity contribution in [2.24, 2.45) is 17.6 Å². The molecule has 0 saturated heterocycles. The van der Waals surface area contributed by atoms with E-state index in [1.165, 1.54) is 0 Å². The molecule has 0 rings (SSSR count). The van der Waals surface area contributed by atoms with E-state index in [4.69, 9.17) is 15.9 Å². The Morgan fingerprint density at radius 2 is 1.75 bits per heavy atom. The molecule has 0 aromatic rings. The third-order valence-electron chi connectivity index (χ3n) is 1.83. The van der Waals surface area contributed by atoms with Crippen LogP contribution in [0.1, 0.15) is 0 Å². The van der Waals surface area contributed by atoms with E-state index >= 15 is 0 Å². The summed E-state index contributed by atoms with van der Waals surface area (Å²) in [5.74, 6) is -4.36. The topological polar surface area (TPSA) is 101 Å². The first-order valence-electron chi connectivity index (χ1n) is 3.70. The van der Waals surface area contributed by atoms with Crippen LogP contribution in [0.2, 0.25) is 3.67 Å². The SMILES string of the molecule is NCC([CH2][Na])C(C(=O)O)C(=O)O. The predicted octanol–water partition coefficient (Wildman–Crippen LogP) is -1.07. The van der Waals surface area contributed by atoms with Crippen LogP contribution in [0.5, 0.6) is 0 Å². The number of nitrogens with two attached hydrogens (primary N) is 1. The van der Waals surface area contributed by atoms with Crippen LogP contribution in [0.4, 0.5) is 0 Å². The summed E-state index contributed by atoms with van der Waals surface area (Å²) in [6.07, 6.45) is 0. The molecule has 0 fully saturated rings. The molecule has 1 unspecified atom stereocenters. The molecule has 12 heavy (non-hydrogen) atoms. The molecule has 0 spiro atoms. The van der Waals surface area contributed by atoms with Crippen LogP contribution in [-0.4, -0.2) is 56.6 Å². The van der Waals surface area contributed by atoms with Gasteiger partial charge in [0.05, 0.1) is 0 Å². The van der Waals surface area contributed by atoms with Gasteiger partial charge >= 0.3 is 87.5 Å². The van der Waals surface area contributed by atoms with Gasteiger partial charge in [-0.25, -0.2) is 0 Å². The molecule has 0 amide bonds. The molecular weight excluding hydrogens is 173 g/mol. The molecule has 5 nitrogen and oxygen atoms in total. The Morgan fingerprint density at radius 1 is 1.33 bits per heavy atom. The summed E-state index contributed by atoms with van der Waals surface area (Å²) >= 11 is 0.765. The Kier molecular flexibility index (Phi) is 5.48. The fourth-order valence-electron chi connectivity index (χ4n) is 1.05. The van der Waals surface area contributed by atoms with Gasteiger partial charge in [-0.15, -0.1) is 0 Å². The van der Waals surface area contributed by atoms with Crippen LogP contribution in [0, 0.1) is 11.8 Å². The number of aliphatic carboxylic acids is 2. The van der Waals surface area contributed by atoms with Crippen LogP contribution in [-0.2, 0) is 9.59 Å². The Hall–Kier alpha value is -0.100. The summed E-state index contributed by atoms with van der Waals surface area (Å²) in [7, 11) is 0. The second-order valence-electron chi connectivity index (χ2n) is 2.56. The van der Waals surface area contributed by atoms with Gasteiger partial charge in [-0.05, 0) is 0 Å². The summed E-state index contributed by atoms with van der Waals surface area (Å²) in [4.78, 5) is 21.0. The maximum atomic E-state index is 10.5. The number of hydrogen-bond donors (Lipinski definition) is 3. The van der Waals surface area contributed by atoms with Gasteiger partial charge in [-0.2, -0.15) is 0 Å². The number of carbonyl (C=O) groups is 2. The number of carboxylic acids is 2. The molecule has 64 valence electrons. The zero-order chi connectivity index (χ0) is 9.72. The van der Waals surface area contributed by atoms with Crippen molar-refractivity contribution in [1.82, 2.24) is 0 Å². The van der Waals surface area contributed by atoms with Crippen molar-refractivity contribution < 1.29 is 19.8 Å². The van der Waals surface area contributed by atoms with Gasteiger partial charge in [0.1, 0.15) is 0 Å². The van der Waals surface area contributed by atoms with Crippen LogP contribution in [0.15, 0.2) is 0 Å². The Bertz CT molecular complexity index is 166. The summed E-state index contributed by atoms with van der Waals surface area (Å²) in [6, 6.07) is 0. The van der Waals surface area contributed by atoms with Gasteiger partial charge in [0.15, 0.2) is 0 Å². The van der Waals surface area contributed by atoms with Crippen molar-refractivity contribution in [3.63, 3.8) is 0 Å². The van der Waals surface area contributed by atoms with E-state index in [0.29, 0.717) is 3.67 Å². The molecule has 0 aliphatic heterocycles. The predicted molar refractivity (Wildman–Crippen MR) is 41.9 cm³/mol. The third-order valence-corrected chi connectivity index (χ3v) is 2.88. The van der Waals surface area contributed by atoms with Crippen LogP contribution in [0.3, 0.4) is 0 Å². The molecular formula is C6H10NNaO4. The fraction of sp³-hybridized carbons (Fsp3) is 0.667. The van der Waals surface area contributed by atoms with Crippen molar-refractivity contribution in [2.75, 3.05) is 6.54 Å². The van der Waals surface area contributed by atoms with Crippen LogP contribution in [0.25, 0.3) is 0 Å². The Morgan fingerprint density at radius 3 is 1.83 bits per heavy atom. The number of carboxylic acid groups (broad SMARTS) is 2. The average Bonchev–Trinajstić information content (AvgIpc) is 1.98. The zero-order valence-electron chi connectivity index (χ0n) is 6.86. The van der Waals surface area contributed by atoms with E-state index in [-0.39, 0.29) is 6.54 Å². The molecule has 0 bridgehead atoms. The summed E-state index contributed by atoms with van der Waals surface area (Å²) in [5, 5.41) is 17.1. The Balaban J connectivity index is 4.47. The second kappa shape index (κ2) is 5.53. The molecule has 0 saturated carbocycles. The standard InChI is InChI=1S/C6H10NO4.Na/c1-3(2-7)4(5(8)9)6(10)11;/h3-4H,1-2,7H2,(H,8,9)(H,10,11);. The van der Waals surface area contributed by atoms with Gasteiger partial charge in [0, 0.05) is 0 Å². The van der Waals surface area contributed by atoms with E-state index in [1.807, 2.05) is 0 Å². The monoisotopic (exact) mass is 183 g/mol. The fourth-order valence-corrected chi connectivity index (χ4v) is 1.85. The molecule has 0 heterocycles. The normalized spacial score (nSPS) is 13.0. The van der Waals surface area contributed by atoms with Gasteiger partial charge in [0.25, 0.3) is 0 Å². The molecule has 0 radical (unpaired) electrons. The quantitative estimate of drug-likeness (QED) is 0.372. The summed E-state index contributed by atoms with van der Waals surface area (Å²) in [5.41, 5.74) is 5.26. The van der Waals surface area contributed by atoms with Crippen molar-refractivity contribution in [3.8, 4) is 0 Å². The van der Waals surface area contributed by atoms with Gasteiger partial charge in [-0.3, -0.25) is 0 Å². The first-order valence-corrected chi connectivity index (χ1v) is 5.11. The van der Waals surface area contributed by atoms with Gasteiger partial charge in [-0.1, -0.05) is 0 Å². The first kappa shape index (κ1) is 11.9. The number of hydrogen-bond acceptors (Lipinski definition) is 3. The van der Waals surface area contributed by atoms with Crippen LogP contribution < -0.4 is 5.73 Å². The van der Waals surface area contributed by atoms with E-state index < -0.39 is 23.8 Å². The second-order valence-corrected chi connectivity index (χ2v) is 3.37. The first-order chi connectivity index (χ1) is 5.54. The molecule has 6 heteroatoms. The van der Waals surface area contributed by atoms with E-state index in [1.54, 1.807) is 0 Å². The van der Waals surface area contributed by atoms with E-state index in [2.05, 4.69) is 0 Å².